The minimum atomic E-state index is -0.530. The summed E-state index contributed by atoms with van der Waals surface area (Å²) in [7, 11) is 0. The Bertz CT molecular complexity index is 471. The fourth-order valence-corrected chi connectivity index (χ4v) is 2.35. The van der Waals surface area contributed by atoms with E-state index in [0.29, 0.717) is 17.1 Å². The van der Waals surface area contributed by atoms with Gasteiger partial charge in [0.05, 0.1) is 5.56 Å². The van der Waals surface area contributed by atoms with Gasteiger partial charge < -0.3 is 16.2 Å². The van der Waals surface area contributed by atoms with Crippen LogP contribution in [0.15, 0.2) is 12.3 Å². The minimum Gasteiger partial charge on any atom is -0.486 e. The second kappa shape index (κ2) is 4.48. The summed E-state index contributed by atoms with van der Waals surface area (Å²) in [5, 5.41) is 0. The van der Waals surface area contributed by atoms with E-state index in [1.54, 1.807) is 6.07 Å². The number of carbonyl (C=O) groups excluding carboxylic acids is 1. The molecule has 0 aliphatic heterocycles. The van der Waals surface area contributed by atoms with Crippen LogP contribution in [-0.2, 0) is 0 Å². The number of carbonyl (C=O) groups is 1. The molecule has 1 atom stereocenters. The van der Waals surface area contributed by atoms with E-state index in [1.165, 1.54) is 6.20 Å². The molecule has 5 heteroatoms. The van der Waals surface area contributed by atoms with Crippen LogP contribution in [0.2, 0.25) is 0 Å². The first-order valence-electron chi connectivity index (χ1n) is 6.12. The molecule has 18 heavy (non-hydrogen) atoms. The lowest BCUT2D eigenvalue weighted by atomic mass is 9.89. The number of nitrogens with two attached hydrogens (primary N) is 2. The predicted molar refractivity (Wildman–Crippen MR) is 69.2 cm³/mol. The Balaban J connectivity index is 2.23. The van der Waals surface area contributed by atoms with Crippen LogP contribution in [0.5, 0.6) is 5.75 Å². The third-order valence-corrected chi connectivity index (χ3v) is 3.59. The normalized spacial score (nSPS) is 21.8. The second-order valence-electron chi connectivity index (χ2n) is 5.46. The molecule has 1 aliphatic carbocycles. The van der Waals surface area contributed by atoms with E-state index < -0.39 is 5.91 Å². The Labute approximate surface area is 107 Å². The van der Waals surface area contributed by atoms with E-state index in [0.717, 1.165) is 19.3 Å². The number of hydrogen-bond donors (Lipinski definition) is 2. The average molecular weight is 249 g/mol. The van der Waals surface area contributed by atoms with Crippen molar-refractivity contribution in [1.29, 1.82) is 0 Å². The molecule has 0 radical (unpaired) electrons. The van der Waals surface area contributed by atoms with E-state index in [9.17, 15) is 4.79 Å². The molecule has 1 saturated carbocycles. The largest absolute Gasteiger partial charge is 0.486 e. The topological polar surface area (TPSA) is 91.2 Å². The number of ether oxygens (including phenoxy) is 1. The molecule has 2 rings (SSSR count). The highest BCUT2D eigenvalue weighted by Crippen LogP contribution is 2.40. The van der Waals surface area contributed by atoms with E-state index >= 15 is 0 Å². The molecule has 0 aromatic carbocycles. The van der Waals surface area contributed by atoms with Crippen LogP contribution >= 0.6 is 0 Å². The fraction of sp³-hybridized carbons (Fsp3) is 0.538. The van der Waals surface area contributed by atoms with Crippen molar-refractivity contribution >= 4 is 11.7 Å². The standard InChI is InChI=1S/C13H19N3O2/c1-13(2)5-3-4-10(13)18-9-6-8(12(15)17)7-16-11(9)14/h6-7,10H,3-5H2,1-2H3,(H2,14,16)(H2,15,17)/t10-/m0/s1. The third-order valence-electron chi connectivity index (χ3n) is 3.59. The molecule has 1 aliphatic rings. The lowest BCUT2D eigenvalue weighted by molar-refractivity contribution is 0.0987. The molecule has 1 aromatic rings. The Hall–Kier alpha value is -1.78. The van der Waals surface area contributed by atoms with E-state index in [1.807, 2.05) is 0 Å². The van der Waals surface area contributed by atoms with Gasteiger partial charge in [-0.15, -0.1) is 0 Å². The van der Waals surface area contributed by atoms with Crippen LogP contribution in [-0.4, -0.2) is 17.0 Å². The van der Waals surface area contributed by atoms with Gasteiger partial charge in [0.15, 0.2) is 11.6 Å². The molecule has 0 saturated heterocycles. The molecule has 1 fully saturated rings. The SMILES string of the molecule is CC1(C)CCC[C@@H]1Oc1cc(C(N)=O)cnc1N. The van der Waals surface area contributed by atoms with Gasteiger partial charge >= 0.3 is 0 Å². The quantitative estimate of drug-likeness (QED) is 0.853. The molecule has 1 aromatic heterocycles. The van der Waals surface area contributed by atoms with E-state index in [-0.39, 0.29) is 11.5 Å². The zero-order valence-corrected chi connectivity index (χ0v) is 10.8. The number of aromatic nitrogens is 1. The van der Waals surface area contributed by atoms with Crippen molar-refractivity contribution in [2.75, 3.05) is 5.73 Å². The summed E-state index contributed by atoms with van der Waals surface area (Å²) in [6, 6.07) is 1.57. The zero-order valence-electron chi connectivity index (χ0n) is 10.8. The van der Waals surface area contributed by atoms with Gasteiger partial charge in [0.1, 0.15) is 6.10 Å². The van der Waals surface area contributed by atoms with Gasteiger partial charge in [-0.05, 0) is 25.3 Å². The van der Waals surface area contributed by atoms with Gasteiger partial charge in [-0.1, -0.05) is 13.8 Å². The Morgan fingerprint density at radius 3 is 2.83 bits per heavy atom. The maximum absolute atomic E-state index is 11.1. The molecule has 1 heterocycles. The van der Waals surface area contributed by atoms with Crippen LogP contribution in [0.1, 0.15) is 43.5 Å². The number of amides is 1. The highest BCUT2D eigenvalue weighted by molar-refractivity contribution is 5.93. The minimum absolute atomic E-state index is 0.102. The number of nitrogen functional groups attached to an aromatic ring is 1. The summed E-state index contributed by atoms with van der Waals surface area (Å²) in [4.78, 5) is 15.1. The molecule has 4 N–H and O–H groups in total. The summed E-state index contributed by atoms with van der Waals surface area (Å²) in [5.74, 6) is 0.215. The summed E-state index contributed by atoms with van der Waals surface area (Å²) >= 11 is 0. The van der Waals surface area contributed by atoms with Crippen LogP contribution < -0.4 is 16.2 Å². The van der Waals surface area contributed by atoms with Crippen molar-refractivity contribution in [3.05, 3.63) is 17.8 Å². The van der Waals surface area contributed by atoms with Crippen molar-refractivity contribution in [3.8, 4) is 5.75 Å². The monoisotopic (exact) mass is 249 g/mol. The molecule has 0 spiro atoms. The van der Waals surface area contributed by atoms with Gasteiger partial charge in [-0.2, -0.15) is 0 Å². The van der Waals surface area contributed by atoms with Gasteiger partial charge in [0.2, 0.25) is 5.91 Å². The number of pyridine rings is 1. The van der Waals surface area contributed by atoms with Gasteiger partial charge in [-0.3, -0.25) is 4.79 Å². The maximum Gasteiger partial charge on any atom is 0.250 e. The smallest absolute Gasteiger partial charge is 0.250 e. The van der Waals surface area contributed by atoms with Crippen LogP contribution in [0.3, 0.4) is 0 Å². The van der Waals surface area contributed by atoms with Crippen LogP contribution in [0.25, 0.3) is 0 Å². The number of nitrogens with zero attached hydrogens (tertiary/aromatic N) is 1. The van der Waals surface area contributed by atoms with Crippen molar-refractivity contribution < 1.29 is 9.53 Å². The zero-order chi connectivity index (χ0) is 13.3. The van der Waals surface area contributed by atoms with Crippen molar-refractivity contribution in [2.24, 2.45) is 11.1 Å². The molecule has 0 bridgehead atoms. The highest BCUT2D eigenvalue weighted by atomic mass is 16.5. The first kappa shape index (κ1) is 12.7. The van der Waals surface area contributed by atoms with E-state index in [2.05, 4.69) is 18.8 Å². The Morgan fingerprint density at radius 2 is 2.28 bits per heavy atom. The Morgan fingerprint density at radius 1 is 1.56 bits per heavy atom. The molecule has 1 amide bonds. The Kier molecular flexibility index (Phi) is 3.15. The number of hydrogen-bond acceptors (Lipinski definition) is 4. The first-order valence-corrected chi connectivity index (χ1v) is 6.12. The molecular weight excluding hydrogens is 230 g/mol. The fourth-order valence-electron chi connectivity index (χ4n) is 2.35. The molecule has 5 nitrogen and oxygen atoms in total. The highest BCUT2D eigenvalue weighted by Gasteiger charge is 2.36. The third kappa shape index (κ3) is 2.39. The summed E-state index contributed by atoms with van der Waals surface area (Å²) in [6.07, 6.45) is 4.73. The van der Waals surface area contributed by atoms with E-state index in [4.69, 9.17) is 16.2 Å². The number of anilines is 1. The molecular formula is C13H19N3O2. The van der Waals surface area contributed by atoms with Crippen molar-refractivity contribution in [1.82, 2.24) is 4.98 Å². The molecule has 98 valence electrons. The van der Waals surface area contributed by atoms with Crippen molar-refractivity contribution in [3.63, 3.8) is 0 Å². The number of rotatable bonds is 3. The average Bonchev–Trinajstić information content (AvgIpc) is 2.61. The van der Waals surface area contributed by atoms with Gasteiger partial charge in [0, 0.05) is 11.6 Å². The lowest BCUT2D eigenvalue weighted by Gasteiger charge is -2.28. The molecule has 0 unspecified atom stereocenters. The van der Waals surface area contributed by atoms with Gasteiger partial charge in [0.25, 0.3) is 0 Å². The van der Waals surface area contributed by atoms with Crippen LogP contribution in [0, 0.1) is 5.41 Å². The summed E-state index contributed by atoms with van der Waals surface area (Å²) < 4.78 is 5.92. The summed E-state index contributed by atoms with van der Waals surface area (Å²) in [6.45, 7) is 4.35. The first-order chi connectivity index (χ1) is 8.40. The lowest BCUT2D eigenvalue weighted by Crippen LogP contribution is -2.29. The van der Waals surface area contributed by atoms with Crippen LogP contribution in [0.4, 0.5) is 5.82 Å². The second-order valence-corrected chi connectivity index (χ2v) is 5.46. The predicted octanol–water partition coefficient (Wildman–Crippen LogP) is 1.72. The summed E-state index contributed by atoms with van der Waals surface area (Å²) in [5.41, 5.74) is 11.4. The van der Waals surface area contributed by atoms with Crippen molar-refractivity contribution in [2.45, 2.75) is 39.2 Å². The van der Waals surface area contributed by atoms with Gasteiger partial charge in [-0.25, -0.2) is 4.98 Å². The maximum atomic E-state index is 11.1. The number of primary amides is 1.